The van der Waals surface area contributed by atoms with E-state index in [0.717, 1.165) is 6.07 Å². The largest absolute Gasteiger partial charge is 0.365 e. The topological polar surface area (TPSA) is 66.7 Å². The number of halogens is 1. The van der Waals surface area contributed by atoms with E-state index in [4.69, 9.17) is 0 Å². The zero-order chi connectivity index (χ0) is 18.1. The second-order valence-electron chi connectivity index (χ2n) is 6.12. The molecule has 0 spiro atoms. The van der Waals surface area contributed by atoms with Crippen LogP contribution in [-0.2, 0) is 0 Å². The van der Waals surface area contributed by atoms with Gasteiger partial charge in [0.1, 0.15) is 0 Å². The van der Waals surface area contributed by atoms with E-state index >= 15 is 0 Å². The van der Waals surface area contributed by atoms with Gasteiger partial charge < -0.3 is 9.80 Å². The Bertz CT molecular complexity index is 810. The summed E-state index contributed by atoms with van der Waals surface area (Å²) < 4.78 is 14.4. The van der Waals surface area contributed by atoms with Gasteiger partial charge in [-0.25, -0.2) is 4.39 Å². The third-order valence-corrected chi connectivity index (χ3v) is 5.28. The molecule has 0 saturated carbocycles. The van der Waals surface area contributed by atoms with Gasteiger partial charge in [-0.3, -0.25) is 14.9 Å². The van der Waals surface area contributed by atoms with Gasteiger partial charge in [0.05, 0.1) is 21.6 Å². The lowest BCUT2D eigenvalue weighted by Gasteiger charge is -2.41. The number of rotatable bonds is 3. The number of hydrogen-bond acceptors (Lipinski definition) is 5. The fourth-order valence-corrected chi connectivity index (χ4v) is 3.79. The zero-order valence-electron chi connectivity index (χ0n) is 13.9. The van der Waals surface area contributed by atoms with E-state index < -0.39 is 10.7 Å². The molecular weight excluding hydrogens is 345 g/mol. The Hall–Kier alpha value is -2.48. The maximum atomic E-state index is 14.4. The molecule has 0 N–H and O–H groups in total. The number of carbonyl (C=O) groups excluding carboxylic acids is 1. The Balaban J connectivity index is 1.78. The van der Waals surface area contributed by atoms with Crippen LogP contribution in [0.5, 0.6) is 0 Å². The summed E-state index contributed by atoms with van der Waals surface area (Å²) in [6.07, 6.45) is 0. The minimum Gasteiger partial charge on any atom is -0.365 e. The van der Waals surface area contributed by atoms with Crippen molar-refractivity contribution in [1.29, 1.82) is 0 Å². The van der Waals surface area contributed by atoms with E-state index in [-0.39, 0.29) is 17.6 Å². The Morgan fingerprint density at radius 3 is 2.76 bits per heavy atom. The average molecular weight is 363 g/mol. The van der Waals surface area contributed by atoms with Gasteiger partial charge in [-0.05, 0) is 31.4 Å². The molecule has 1 saturated heterocycles. The summed E-state index contributed by atoms with van der Waals surface area (Å²) in [5.41, 5.74) is 0.546. The normalized spacial score (nSPS) is 17.6. The SMILES string of the molecule is Cc1cc(N2CCN(C(=O)c3cccs3)[C@H](C)C2)c(F)cc1[N+](=O)[O-]. The number of nitrogens with zero attached hydrogens (tertiary/aromatic N) is 3. The van der Waals surface area contributed by atoms with E-state index in [0.29, 0.717) is 35.8 Å². The Morgan fingerprint density at radius 2 is 2.16 bits per heavy atom. The van der Waals surface area contributed by atoms with Crippen molar-refractivity contribution in [3.63, 3.8) is 0 Å². The van der Waals surface area contributed by atoms with Crippen LogP contribution in [0.1, 0.15) is 22.2 Å². The number of anilines is 1. The first-order chi connectivity index (χ1) is 11.9. The molecule has 1 aliphatic rings. The Kier molecular flexibility index (Phi) is 4.71. The molecule has 8 heteroatoms. The number of benzene rings is 1. The number of aryl methyl sites for hydroxylation is 1. The number of nitro groups is 1. The maximum absolute atomic E-state index is 14.4. The van der Waals surface area contributed by atoms with Crippen LogP contribution in [0.25, 0.3) is 0 Å². The van der Waals surface area contributed by atoms with Crippen molar-refractivity contribution in [2.24, 2.45) is 0 Å². The van der Waals surface area contributed by atoms with Gasteiger partial charge in [-0.15, -0.1) is 11.3 Å². The third-order valence-electron chi connectivity index (χ3n) is 4.42. The van der Waals surface area contributed by atoms with Crippen molar-refractivity contribution >= 4 is 28.6 Å². The number of carbonyl (C=O) groups is 1. The molecule has 0 radical (unpaired) electrons. The second kappa shape index (κ2) is 6.79. The van der Waals surface area contributed by atoms with E-state index in [9.17, 15) is 19.3 Å². The van der Waals surface area contributed by atoms with Gasteiger partial charge in [0.2, 0.25) is 0 Å². The van der Waals surface area contributed by atoms with Crippen LogP contribution in [0.4, 0.5) is 15.8 Å². The van der Waals surface area contributed by atoms with Crippen molar-refractivity contribution in [2.75, 3.05) is 24.5 Å². The second-order valence-corrected chi connectivity index (χ2v) is 7.07. The molecule has 1 fully saturated rings. The molecule has 1 aromatic carbocycles. The predicted octanol–water partition coefficient (Wildman–Crippen LogP) is 3.45. The minimum atomic E-state index is -0.609. The monoisotopic (exact) mass is 363 g/mol. The van der Waals surface area contributed by atoms with Crippen LogP contribution in [0.15, 0.2) is 29.6 Å². The van der Waals surface area contributed by atoms with Crippen LogP contribution in [0, 0.1) is 22.9 Å². The highest BCUT2D eigenvalue weighted by atomic mass is 32.1. The van der Waals surface area contributed by atoms with E-state index in [1.807, 2.05) is 23.3 Å². The highest BCUT2D eigenvalue weighted by Crippen LogP contribution is 2.30. The average Bonchev–Trinajstić information content (AvgIpc) is 3.10. The molecule has 0 aliphatic carbocycles. The first-order valence-corrected chi connectivity index (χ1v) is 8.80. The van der Waals surface area contributed by atoms with E-state index in [1.165, 1.54) is 17.4 Å². The third kappa shape index (κ3) is 3.34. The Morgan fingerprint density at radius 1 is 1.40 bits per heavy atom. The molecular formula is C17H18FN3O3S. The number of hydrogen-bond donors (Lipinski definition) is 0. The molecule has 0 unspecified atom stereocenters. The van der Waals surface area contributed by atoms with Crippen molar-refractivity contribution in [3.8, 4) is 0 Å². The highest BCUT2D eigenvalue weighted by Gasteiger charge is 2.30. The summed E-state index contributed by atoms with van der Waals surface area (Å²) in [5.74, 6) is -0.620. The standard InChI is InChI=1S/C17H18FN3O3S/c1-11-8-15(13(18)9-14(11)21(23)24)19-5-6-20(12(2)10-19)17(22)16-4-3-7-25-16/h3-4,7-9,12H,5-6,10H2,1-2H3/t12-/m1/s1. The van der Waals surface area contributed by atoms with E-state index in [1.54, 1.807) is 17.9 Å². The molecule has 3 rings (SSSR count). The molecule has 2 heterocycles. The van der Waals surface area contributed by atoms with Crippen LogP contribution in [0.2, 0.25) is 0 Å². The van der Waals surface area contributed by atoms with Crippen LogP contribution < -0.4 is 4.90 Å². The van der Waals surface area contributed by atoms with Crippen molar-refractivity contribution < 1.29 is 14.1 Å². The molecule has 0 bridgehead atoms. The highest BCUT2D eigenvalue weighted by molar-refractivity contribution is 7.12. The van der Waals surface area contributed by atoms with Gasteiger partial charge in [0.25, 0.3) is 11.6 Å². The number of thiophene rings is 1. The fourth-order valence-electron chi connectivity index (χ4n) is 3.11. The first kappa shape index (κ1) is 17.3. The molecule has 1 aliphatic heterocycles. The van der Waals surface area contributed by atoms with Gasteiger partial charge >= 0.3 is 0 Å². The van der Waals surface area contributed by atoms with Crippen LogP contribution in [0.3, 0.4) is 0 Å². The lowest BCUT2D eigenvalue weighted by molar-refractivity contribution is -0.385. The molecule has 1 atom stereocenters. The lowest BCUT2D eigenvalue weighted by atomic mass is 10.1. The molecule has 25 heavy (non-hydrogen) atoms. The molecule has 132 valence electrons. The van der Waals surface area contributed by atoms with Crippen LogP contribution in [-0.4, -0.2) is 41.4 Å². The molecule has 1 amide bonds. The van der Waals surface area contributed by atoms with Crippen molar-refractivity contribution in [3.05, 3.63) is 56.0 Å². The van der Waals surface area contributed by atoms with Crippen molar-refractivity contribution in [2.45, 2.75) is 19.9 Å². The maximum Gasteiger partial charge on any atom is 0.275 e. The minimum absolute atomic E-state index is 0.0116. The van der Waals surface area contributed by atoms with Gasteiger partial charge in [-0.1, -0.05) is 6.07 Å². The van der Waals surface area contributed by atoms with E-state index in [2.05, 4.69) is 0 Å². The lowest BCUT2D eigenvalue weighted by Crippen LogP contribution is -2.54. The fraction of sp³-hybridized carbons (Fsp3) is 0.353. The summed E-state index contributed by atoms with van der Waals surface area (Å²) in [4.78, 5) is 27.2. The quantitative estimate of drug-likeness (QED) is 0.619. The Labute approximate surface area is 148 Å². The smallest absolute Gasteiger partial charge is 0.275 e. The summed E-state index contributed by atoms with van der Waals surface area (Å²) in [5, 5.41) is 12.8. The summed E-state index contributed by atoms with van der Waals surface area (Å²) >= 11 is 1.40. The number of piperazine rings is 1. The first-order valence-electron chi connectivity index (χ1n) is 7.92. The molecule has 2 aromatic rings. The van der Waals surface area contributed by atoms with Crippen molar-refractivity contribution in [1.82, 2.24) is 4.90 Å². The molecule has 6 nitrogen and oxygen atoms in total. The number of amides is 1. The summed E-state index contributed by atoms with van der Waals surface area (Å²) in [6, 6.07) is 6.03. The summed E-state index contributed by atoms with van der Waals surface area (Å²) in [6.45, 7) is 4.96. The number of nitro benzene ring substituents is 1. The molecule has 1 aromatic heterocycles. The zero-order valence-corrected chi connectivity index (χ0v) is 14.8. The van der Waals surface area contributed by atoms with Gasteiger partial charge in [0.15, 0.2) is 5.82 Å². The van der Waals surface area contributed by atoms with Gasteiger partial charge in [-0.2, -0.15) is 0 Å². The van der Waals surface area contributed by atoms with Crippen LogP contribution >= 0.6 is 11.3 Å². The van der Waals surface area contributed by atoms with Gasteiger partial charge in [0, 0.05) is 31.2 Å². The predicted molar refractivity (Wildman–Crippen MR) is 94.8 cm³/mol. The summed E-state index contributed by atoms with van der Waals surface area (Å²) in [7, 11) is 0.